The quantitative estimate of drug-likeness (QED) is 0.489. The Kier molecular flexibility index (Phi) is 8.07. The van der Waals surface area contributed by atoms with Crippen LogP contribution in [0.1, 0.15) is 12.0 Å². The summed E-state index contributed by atoms with van der Waals surface area (Å²) in [6, 6.07) is 14.0. The van der Waals surface area contributed by atoms with Crippen molar-refractivity contribution in [1.29, 1.82) is 0 Å². The minimum atomic E-state index is -2.37. The maximum Gasteiger partial charge on any atom is 0.224 e. The molecule has 0 spiro atoms. The summed E-state index contributed by atoms with van der Waals surface area (Å²) in [5.74, 6) is 0.654. The molecular weight excluding hydrogens is 356 g/mol. The first-order valence-corrected chi connectivity index (χ1v) is 9.11. The van der Waals surface area contributed by atoms with Crippen molar-refractivity contribution >= 4 is 28.5 Å². The van der Waals surface area contributed by atoms with E-state index in [2.05, 4.69) is 10.0 Å². The second-order valence-corrected chi connectivity index (χ2v) is 6.12. The fraction of sp³-hybridized carbons (Fsp3) is 0.278. The number of benzene rings is 2. The molecule has 7 nitrogen and oxygen atoms in total. The number of methoxy groups -OCH3 is 1. The van der Waals surface area contributed by atoms with E-state index in [0.717, 1.165) is 11.3 Å². The molecule has 1 unspecified atom stereocenters. The predicted octanol–water partition coefficient (Wildman–Crippen LogP) is 2.49. The monoisotopic (exact) mass is 377 g/mol. The SMILES string of the molecule is COCCOc1ccc(CCC(=O)Nc2ccc(NS(=O)[O-])cc2)cc1. The number of carbonyl (C=O) groups is 1. The molecule has 0 aliphatic carbocycles. The van der Waals surface area contributed by atoms with Crippen LogP contribution in [0.5, 0.6) is 5.75 Å². The van der Waals surface area contributed by atoms with Crippen LogP contribution in [0.4, 0.5) is 11.4 Å². The zero-order chi connectivity index (χ0) is 18.8. The molecule has 0 radical (unpaired) electrons. The van der Waals surface area contributed by atoms with Crippen LogP contribution >= 0.6 is 0 Å². The first-order chi connectivity index (χ1) is 12.6. The van der Waals surface area contributed by atoms with Gasteiger partial charge in [0, 0.05) is 36.2 Å². The van der Waals surface area contributed by atoms with E-state index in [4.69, 9.17) is 9.47 Å². The van der Waals surface area contributed by atoms with Crippen molar-refractivity contribution in [2.75, 3.05) is 30.4 Å². The van der Waals surface area contributed by atoms with Gasteiger partial charge >= 0.3 is 0 Å². The molecule has 2 aromatic rings. The third kappa shape index (κ3) is 7.22. The maximum atomic E-state index is 12.0. The minimum absolute atomic E-state index is 0.112. The maximum absolute atomic E-state index is 12.0. The molecule has 1 amide bonds. The topological polar surface area (TPSA) is 99.7 Å². The summed E-state index contributed by atoms with van der Waals surface area (Å²) in [7, 11) is 1.62. The summed E-state index contributed by atoms with van der Waals surface area (Å²) in [5, 5.41) is 2.78. The van der Waals surface area contributed by atoms with Crippen molar-refractivity contribution in [3.05, 3.63) is 54.1 Å². The first-order valence-electron chi connectivity index (χ1n) is 8.03. The van der Waals surface area contributed by atoms with Crippen LogP contribution in [-0.4, -0.2) is 35.0 Å². The number of rotatable bonds is 10. The molecule has 0 saturated heterocycles. The smallest absolute Gasteiger partial charge is 0.224 e. The van der Waals surface area contributed by atoms with Gasteiger partial charge < -0.3 is 24.1 Å². The molecule has 8 heteroatoms. The summed E-state index contributed by atoms with van der Waals surface area (Å²) in [6.45, 7) is 1.03. The highest BCUT2D eigenvalue weighted by atomic mass is 32.2. The summed E-state index contributed by atoms with van der Waals surface area (Å²) in [4.78, 5) is 12.0. The molecular formula is C18H21N2O5S-. The molecule has 0 aromatic heterocycles. The van der Waals surface area contributed by atoms with Crippen molar-refractivity contribution in [1.82, 2.24) is 0 Å². The highest BCUT2D eigenvalue weighted by molar-refractivity contribution is 7.80. The Bertz CT molecular complexity index is 719. The van der Waals surface area contributed by atoms with Crippen molar-refractivity contribution < 1.29 is 23.0 Å². The van der Waals surface area contributed by atoms with Gasteiger partial charge in [0.05, 0.1) is 6.61 Å². The zero-order valence-corrected chi connectivity index (χ0v) is 15.2. The van der Waals surface area contributed by atoms with Crippen molar-refractivity contribution in [2.24, 2.45) is 0 Å². The second-order valence-electron chi connectivity index (χ2n) is 5.45. The molecule has 0 aliphatic rings. The van der Waals surface area contributed by atoms with E-state index in [1.54, 1.807) is 31.4 Å². The Balaban J connectivity index is 1.76. The van der Waals surface area contributed by atoms with E-state index in [1.165, 1.54) is 0 Å². The van der Waals surface area contributed by atoms with Gasteiger partial charge in [-0.3, -0.25) is 9.00 Å². The van der Waals surface area contributed by atoms with Gasteiger partial charge in [0.25, 0.3) is 0 Å². The van der Waals surface area contributed by atoms with Crippen molar-refractivity contribution in [3.63, 3.8) is 0 Å². The molecule has 0 aliphatic heterocycles. The largest absolute Gasteiger partial charge is 0.755 e. The van der Waals surface area contributed by atoms with Gasteiger partial charge in [-0.25, -0.2) is 0 Å². The van der Waals surface area contributed by atoms with E-state index in [0.29, 0.717) is 37.4 Å². The van der Waals surface area contributed by atoms with Gasteiger partial charge in [0.1, 0.15) is 12.4 Å². The molecule has 0 heterocycles. The number of hydrogen-bond acceptors (Lipinski definition) is 5. The Hall–Kier alpha value is -2.42. The Labute approximate surface area is 155 Å². The number of ether oxygens (including phenoxy) is 2. The van der Waals surface area contributed by atoms with Crippen LogP contribution in [0, 0.1) is 0 Å². The lowest BCUT2D eigenvalue weighted by molar-refractivity contribution is -0.116. The number of aryl methyl sites for hydroxylation is 1. The Morgan fingerprint density at radius 3 is 2.31 bits per heavy atom. The first kappa shape index (κ1) is 19.9. The van der Waals surface area contributed by atoms with Crippen LogP contribution < -0.4 is 14.8 Å². The van der Waals surface area contributed by atoms with E-state index >= 15 is 0 Å². The van der Waals surface area contributed by atoms with Gasteiger partial charge in [-0.05, 0) is 48.4 Å². The van der Waals surface area contributed by atoms with Gasteiger partial charge in [-0.2, -0.15) is 0 Å². The van der Waals surface area contributed by atoms with E-state index < -0.39 is 11.3 Å². The van der Waals surface area contributed by atoms with Gasteiger partial charge in [-0.1, -0.05) is 12.1 Å². The van der Waals surface area contributed by atoms with Crippen LogP contribution in [0.25, 0.3) is 0 Å². The number of carbonyl (C=O) groups excluding carboxylic acids is 1. The summed E-state index contributed by atoms with van der Waals surface area (Å²) < 4.78 is 33.7. The van der Waals surface area contributed by atoms with Crippen LogP contribution in [0.3, 0.4) is 0 Å². The summed E-state index contributed by atoms with van der Waals surface area (Å²) >= 11 is -2.37. The van der Waals surface area contributed by atoms with Gasteiger partial charge in [0.15, 0.2) is 0 Å². The van der Waals surface area contributed by atoms with Crippen molar-refractivity contribution in [2.45, 2.75) is 12.8 Å². The predicted molar refractivity (Wildman–Crippen MR) is 99.7 cm³/mol. The third-order valence-corrected chi connectivity index (χ3v) is 3.89. The zero-order valence-electron chi connectivity index (χ0n) is 14.4. The van der Waals surface area contributed by atoms with E-state index in [1.807, 2.05) is 24.3 Å². The lowest BCUT2D eigenvalue weighted by Gasteiger charge is -2.10. The molecule has 0 saturated carbocycles. The molecule has 1 atom stereocenters. The van der Waals surface area contributed by atoms with E-state index in [-0.39, 0.29) is 5.91 Å². The molecule has 26 heavy (non-hydrogen) atoms. The molecule has 0 fully saturated rings. The van der Waals surface area contributed by atoms with Gasteiger partial charge in [-0.15, -0.1) is 0 Å². The fourth-order valence-corrected chi connectivity index (χ4v) is 2.52. The average Bonchev–Trinajstić information content (AvgIpc) is 2.62. The number of hydrogen-bond donors (Lipinski definition) is 2. The summed E-state index contributed by atoms with van der Waals surface area (Å²) in [5.41, 5.74) is 2.08. The van der Waals surface area contributed by atoms with Crippen LogP contribution in [0.15, 0.2) is 48.5 Å². The molecule has 140 valence electrons. The van der Waals surface area contributed by atoms with Crippen LogP contribution in [0.2, 0.25) is 0 Å². The molecule has 2 rings (SSSR count). The van der Waals surface area contributed by atoms with Crippen LogP contribution in [-0.2, 0) is 27.2 Å². The summed E-state index contributed by atoms with van der Waals surface area (Å²) in [6.07, 6.45) is 0.952. The molecule has 2 aromatic carbocycles. The fourth-order valence-electron chi connectivity index (χ4n) is 2.19. The second kappa shape index (κ2) is 10.5. The highest BCUT2D eigenvalue weighted by Crippen LogP contribution is 2.16. The number of nitrogens with one attached hydrogen (secondary N) is 2. The normalized spacial score (nSPS) is 11.6. The molecule has 0 bridgehead atoms. The van der Waals surface area contributed by atoms with Crippen molar-refractivity contribution in [3.8, 4) is 5.75 Å². The third-order valence-electron chi connectivity index (χ3n) is 3.49. The lowest BCUT2D eigenvalue weighted by atomic mass is 10.1. The van der Waals surface area contributed by atoms with E-state index in [9.17, 15) is 13.6 Å². The van der Waals surface area contributed by atoms with Gasteiger partial charge in [0.2, 0.25) is 5.91 Å². The standard InChI is InChI=1S/C18H22N2O5S/c1-24-12-13-25-17-9-2-14(3-10-17)4-11-18(21)19-15-5-7-16(8-6-15)20-26(22)23/h2-3,5-10,20H,4,11-13H2,1H3,(H,19,21)(H,22,23)/p-1. The Morgan fingerprint density at radius 1 is 1.04 bits per heavy atom. The number of amides is 1. The minimum Gasteiger partial charge on any atom is -0.755 e. The highest BCUT2D eigenvalue weighted by Gasteiger charge is 2.04. The Morgan fingerprint density at radius 2 is 1.69 bits per heavy atom. The number of anilines is 2. The average molecular weight is 377 g/mol. The lowest BCUT2D eigenvalue weighted by Crippen LogP contribution is -2.12. The molecule has 2 N–H and O–H groups in total.